The van der Waals surface area contributed by atoms with Crippen molar-refractivity contribution >= 4 is 5.91 Å². The summed E-state index contributed by atoms with van der Waals surface area (Å²) >= 11 is 0. The largest absolute Gasteiger partial charge is 0.389 e. The van der Waals surface area contributed by atoms with E-state index in [2.05, 4.69) is 0 Å². The second kappa shape index (κ2) is 3.49. The fourth-order valence-corrected chi connectivity index (χ4v) is 1.83. The van der Waals surface area contributed by atoms with E-state index in [1.54, 1.807) is 6.92 Å². The van der Waals surface area contributed by atoms with Crippen LogP contribution in [0.15, 0.2) is 0 Å². The van der Waals surface area contributed by atoms with Gasteiger partial charge in [0.25, 0.3) is 5.91 Å². The van der Waals surface area contributed by atoms with Crippen molar-refractivity contribution in [1.82, 2.24) is 5.06 Å². The minimum absolute atomic E-state index is 0.174. The molecule has 5 heteroatoms. The fourth-order valence-electron chi connectivity index (χ4n) is 1.83. The molecule has 0 aromatic rings. The third-order valence-electron chi connectivity index (χ3n) is 2.70. The Morgan fingerprint density at radius 2 is 2.43 bits per heavy atom. The van der Waals surface area contributed by atoms with Crippen molar-refractivity contribution in [1.29, 1.82) is 0 Å². The van der Waals surface area contributed by atoms with Gasteiger partial charge in [0, 0.05) is 6.61 Å². The lowest BCUT2D eigenvalue weighted by Crippen LogP contribution is -2.45. The van der Waals surface area contributed by atoms with E-state index in [0.717, 1.165) is 12.8 Å². The van der Waals surface area contributed by atoms with Crippen LogP contribution in [0, 0.1) is 0 Å². The second-order valence-electron chi connectivity index (χ2n) is 4.00. The van der Waals surface area contributed by atoms with Gasteiger partial charge in [0.1, 0.15) is 18.3 Å². The molecule has 0 radical (unpaired) electrons. The highest BCUT2D eigenvalue weighted by molar-refractivity contribution is 5.84. The Bertz CT molecular complexity index is 237. The minimum atomic E-state index is -0.746. The number of rotatable bonds is 1. The molecule has 80 valence electrons. The molecule has 0 aromatic carbocycles. The van der Waals surface area contributed by atoms with Crippen molar-refractivity contribution in [2.24, 2.45) is 0 Å². The van der Waals surface area contributed by atoms with E-state index in [-0.39, 0.29) is 19.1 Å². The lowest BCUT2D eigenvalue weighted by molar-refractivity contribution is -0.188. The van der Waals surface area contributed by atoms with E-state index in [4.69, 9.17) is 9.57 Å². The molecule has 2 rings (SSSR count). The number of hydrogen-bond donors (Lipinski definition) is 1. The summed E-state index contributed by atoms with van der Waals surface area (Å²) in [5, 5.41) is 10.4. The summed E-state index contributed by atoms with van der Waals surface area (Å²) in [6.07, 6.45) is 1.06. The molecule has 0 saturated carbocycles. The molecule has 2 fully saturated rings. The number of ether oxygens (including phenoxy) is 1. The summed E-state index contributed by atoms with van der Waals surface area (Å²) in [5.41, 5.74) is -0.746. The summed E-state index contributed by atoms with van der Waals surface area (Å²) in [7, 11) is 0. The molecular formula is C9H15NO4. The van der Waals surface area contributed by atoms with Crippen LogP contribution in [0.1, 0.15) is 19.8 Å². The smallest absolute Gasteiger partial charge is 0.278 e. The zero-order valence-electron chi connectivity index (χ0n) is 8.23. The zero-order valence-corrected chi connectivity index (χ0v) is 8.23. The van der Waals surface area contributed by atoms with E-state index in [1.165, 1.54) is 5.06 Å². The highest BCUT2D eigenvalue weighted by Gasteiger charge is 2.43. The van der Waals surface area contributed by atoms with Crippen LogP contribution in [0.25, 0.3) is 0 Å². The Labute approximate surface area is 82.5 Å². The van der Waals surface area contributed by atoms with Crippen LogP contribution in [0.5, 0.6) is 0 Å². The van der Waals surface area contributed by atoms with Crippen molar-refractivity contribution in [2.45, 2.75) is 31.5 Å². The quantitative estimate of drug-likeness (QED) is 0.632. The number of hydroxylamine groups is 2. The molecule has 2 aliphatic rings. The van der Waals surface area contributed by atoms with Gasteiger partial charge in [-0.2, -0.15) is 0 Å². The Morgan fingerprint density at radius 3 is 2.93 bits per heavy atom. The van der Waals surface area contributed by atoms with Gasteiger partial charge in [-0.15, -0.1) is 0 Å². The molecule has 2 saturated heterocycles. The second-order valence-corrected chi connectivity index (χ2v) is 4.00. The Kier molecular flexibility index (Phi) is 2.47. The first kappa shape index (κ1) is 9.89. The number of carbonyl (C=O) groups excluding carboxylic acids is 1. The molecule has 0 aliphatic carbocycles. The van der Waals surface area contributed by atoms with Crippen molar-refractivity contribution in [3.8, 4) is 0 Å². The predicted octanol–water partition coefficient (Wildman–Crippen LogP) is -0.310. The van der Waals surface area contributed by atoms with Gasteiger partial charge in [0.15, 0.2) is 0 Å². The molecule has 2 aliphatic heterocycles. The summed E-state index contributed by atoms with van der Waals surface area (Å²) in [6.45, 7) is 2.84. The van der Waals surface area contributed by atoms with Gasteiger partial charge in [0.05, 0.1) is 6.54 Å². The fraction of sp³-hybridized carbons (Fsp3) is 0.889. The maximum Gasteiger partial charge on any atom is 0.278 e. The summed E-state index contributed by atoms with van der Waals surface area (Å²) < 4.78 is 5.40. The highest BCUT2D eigenvalue weighted by atomic mass is 16.7. The van der Waals surface area contributed by atoms with Crippen molar-refractivity contribution in [3.05, 3.63) is 0 Å². The monoisotopic (exact) mass is 201 g/mol. The Morgan fingerprint density at radius 1 is 1.64 bits per heavy atom. The van der Waals surface area contributed by atoms with Crippen molar-refractivity contribution in [2.75, 3.05) is 19.8 Å². The van der Waals surface area contributed by atoms with Crippen LogP contribution < -0.4 is 0 Å². The molecule has 0 spiro atoms. The average Bonchev–Trinajstić information content (AvgIpc) is 2.74. The van der Waals surface area contributed by atoms with E-state index < -0.39 is 11.7 Å². The molecule has 1 N–H and O–H groups in total. The molecule has 5 nitrogen and oxygen atoms in total. The first-order valence-corrected chi connectivity index (χ1v) is 4.89. The molecule has 2 heterocycles. The van der Waals surface area contributed by atoms with Crippen molar-refractivity contribution < 1.29 is 19.5 Å². The van der Waals surface area contributed by atoms with Gasteiger partial charge in [-0.25, -0.2) is 5.06 Å². The number of carbonyl (C=O) groups is 1. The molecule has 14 heavy (non-hydrogen) atoms. The van der Waals surface area contributed by atoms with Crippen molar-refractivity contribution in [3.63, 3.8) is 0 Å². The van der Waals surface area contributed by atoms with Gasteiger partial charge in [-0.3, -0.25) is 9.63 Å². The number of aliphatic hydroxyl groups excluding tert-OH is 1. The first-order chi connectivity index (χ1) is 6.62. The predicted molar refractivity (Wildman–Crippen MR) is 47.3 cm³/mol. The Balaban J connectivity index is 2.00. The molecule has 0 bridgehead atoms. The van der Waals surface area contributed by atoms with Crippen LogP contribution in [0.3, 0.4) is 0 Å². The minimum Gasteiger partial charge on any atom is -0.389 e. The van der Waals surface area contributed by atoms with E-state index in [9.17, 15) is 9.90 Å². The normalized spacial score (nSPS) is 37.9. The number of aliphatic hydroxyl groups is 1. The number of nitrogens with zero attached hydrogens (tertiary/aromatic N) is 1. The van der Waals surface area contributed by atoms with E-state index >= 15 is 0 Å². The number of amides is 1. The molecule has 1 unspecified atom stereocenters. The highest BCUT2D eigenvalue weighted by Crippen LogP contribution is 2.28. The van der Waals surface area contributed by atoms with Crippen LogP contribution in [0.4, 0.5) is 0 Å². The average molecular weight is 201 g/mol. The van der Waals surface area contributed by atoms with E-state index in [0.29, 0.717) is 6.61 Å². The zero-order chi connectivity index (χ0) is 10.2. The Hall–Kier alpha value is -0.650. The van der Waals surface area contributed by atoms with Gasteiger partial charge in [0.2, 0.25) is 0 Å². The van der Waals surface area contributed by atoms with Crippen LogP contribution in [0.2, 0.25) is 0 Å². The summed E-state index contributed by atoms with van der Waals surface area (Å²) in [4.78, 5) is 16.9. The molecule has 1 amide bonds. The van der Waals surface area contributed by atoms with Crippen LogP contribution in [-0.2, 0) is 14.4 Å². The topological polar surface area (TPSA) is 59.0 Å². The van der Waals surface area contributed by atoms with E-state index in [1.807, 2.05) is 0 Å². The van der Waals surface area contributed by atoms with Crippen LogP contribution >= 0.6 is 0 Å². The third kappa shape index (κ3) is 1.63. The van der Waals surface area contributed by atoms with Gasteiger partial charge in [-0.05, 0) is 19.8 Å². The van der Waals surface area contributed by atoms with Crippen LogP contribution in [-0.4, -0.2) is 47.5 Å². The lowest BCUT2D eigenvalue weighted by atomic mass is 10.0. The third-order valence-corrected chi connectivity index (χ3v) is 2.70. The maximum atomic E-state index is 11.9. The SMILES string of the molecule is CC1(C(=O)N2C[C@@H](O)CO2)CCCO1. The molecule has 2 atom stereocenters. The van der Waals surface area contributed by atoms with Gasteiger partial charge < -0.3 is 9.84 Å². The molecule has 0 aromatic heterocycles. The van der Waals surface area contributed by atoms with Gasteiger partial charge in [-0.1, -0.05) is 0 Å². The molecular weight excluding hydrogens is 186 g/mol. The standard InChI is InChI=1S/C9H15NO4/c1-9(3-2-4-13-9)8(12)10-5-7(11)6-14-10/h7,11H,2-6H2,1H3/t7-,9?/m1/s1. The number of β-amino-alcohol motifs (C(OH)–C–C–N with tert-alkyl or cyclic N) is 1. The summed E-state index contributed by atoms with van der Waals surface area (Å²) in [6, 6.07) is 0. The van der Waals surface area contributed by atoms with Gasteiger partial charge >= 0.3 is 0 Å². The maximum absolute atomic E-state index is 11.9. The lowest BCUT2D eigenvalue weighted by Gasteiger charge is -2.26. The summed E-state index contributed by atoms with van der Waals surface area (Å²) in [5.74, 6) is -0.174. The first-order valence-electron chi connectivity index (χ1n) is 4.89. The number of hydrogen-bond acceptors (Lipinski definition) is 4.